The summed E-state index contributed by atoms with van der Waals surface area (Å²) in [5.41, 5.74) is 6.02. The van der Waals surface area contributed by atoms with E-state index in [9.17, 15) is 0 Å². The van der Waals surface area contributed by atoms with Crippen molar-refractivity contribution >= 4 is 102 Å². The third-order valence-corrected chi connectivity index (χ3v) is 12.4. The summed E-state index contributed by atoms with van der Waals surface area (Å²) in [6, 6.07) is 56.0. The number of benzene rings is 7. The van der Waals surface area contributed by atoms with Crippen molar-refractivity contribution in [1.82, 2.24) is 0 Å². The molecule has 1 aliphatic rings. The molecule has 0 N–H and O–H groups in total. The molecule has 2 nitrogen and oxygen atoms in total. The first-order valence-electron chi connectivity index (χ1n) is 17.5. The minimum absolute atomic E-state index is 0.257. The minimum Gasteiger partial charge on any atom is -0.333 e. The number of allylic oxidation sites excluding steroid dienone is 1. The van der Waals surface area contributed by atoms with Gasteiger partial charge in [-0.3, -0.25) is 0 Å². The zero-order valence-corrected chi connectivity index (χ0v) is 29.1. The summed E-state index contributed by atoms with van der Waals surface area (Å²) in [4.78, 5) is 5.05. The van der Waals surface area contributed by atoms with Gasteiger partial charge in [0.1, 0.15) is 0 Å². The van der Waals surface area contributed by atoms with Gasteiger partial charge in [-0.1, -0.05) is 97.1 Å². The van der Waals surface area contributed by atoms with Crippen LogP contribution in [0.15, 0.2) is 164 Å². The molecule has 9 aromatic rings. The van der Waals surface area contributed by atoms with Crippen molar-refractivity contribution in [1.29, 1.82) is 0 Å². The van der Waals surface area contributed by atoms with E-state index in [4.69, 9.17) is 0 Å². The Labute approximate surface area is 299 Å². The number of thiophene rings is 2. The molecule has 0 aliphatic heterocycles. The number of nitrogens with zero attached hydrogens (tertiary/aromatic N) is 2. The summed E-state index contributed by atoms with van der Waals surface area (Å²) >= 11 is 3.81. The van der Waals surface area contributed by atoms with Gasteiger partial charge in [0.15, 0.2) is 0 Å². The first kappa shape index (κ1) is 29.5. The van der Waals surface area contributed by atoms with Crippen molar-refractivity contribution < 1.29 is 0 Å². The Bertz CT molecular complexity index is 2670. The van der Waals surface area contributed by atoms with Gasteiger partial charge >= 0.3 is 0 Å². The molecule has 1 unspecified atom stereocenters. The predicted molar refractivity (Wildman–Crippen MR) is 220 cm³/mol. The summed E-state index contributed by atoms with van der Waals surface area (Å²) in [5.74, 6) is 0. The molecular formula is C46H34N2S2. The zero-order valence-electron chi connectivity index (χ0n) is 27.5. The van der Waals surface area contributed by atoms with Crippen molar-refractivity contribution in [2.75, 3.05) is 9.80 Å². The average Bonchev–Trinajstić information content (AvgIpc) is 3.75. The lowest BCUT2D eigenvalue weighted by Crippen LogP contribution is -2.31. The van der Waals surface area contributed by atoms with E-state index in [1.165, 1.54) is 68.9 Å². The highest BCUT2D eigenvalue weighted by atomic mass is 32.1. The van der Waals surface area contributed by atoms with Gasteiger partial charge in [-0.15, -0.1) is 22.7 Å². The summed E-state index contributed by atoms with van der Waals surface area (Å²) in [5, 5.41) is 7.98. The second-order valence-corrected chi connectivity index (χ2v) is 15.3. The molecule has 0 spiro atoms. The van der Waals surface area contributed by atoms with Gasteiger partial charge in [-0.05, 0) is 91.4 Å². The topological polar surface area (TPSA) is 6.48 Å². The summed E-state index contributed by atoms with van der Waals surface area (Å²) in [6.45, 7) is 0. The van der Waals surface area contributed by atoms with Crippen LogP contribution in [0.1, 0.15) is 19.3 Å². The smallest absolute Gasteiger partial charge is 0.0522 e. The van der Waals surface area contributed by atoms with Gasteiger partial charge in [0.05, 0.1) is 17.4 Å². The van der Waals surface area contributed by atoms with E-state index in [-0.39, 0.29) is 6.04 Å². The lowest BCUT2D eigenvalue weighted by Gasteiger charge is -2.35. The minimum atomic E-state index is 0.257. The zero-order chi connectivity index (χ0) is 33.0. The maximum Gasteiger partial charge on any atom is 0.0522 e. The predicted octanol–water partition coefficient (Wildman–Crippen LogP) is 14.3. The van der Waals surface area contributed by atoms with Crippen molar-refractivity contribution in [3.05, 3.63) is 164 Å². The standard InChI is InChI=1S/C46H34N2S2/c1-4-15-31(16-5-1)47(32-17-6-2-7-18-32)34-27-28-42-38(29-34)46-39(24-14-26-43(46)49-42)48(33-19-8-3-9-20-33)40-30-44-45(36-22-11-10-21-35(36)40)37-23-12-13-25-41(37)50-44/h1-2,4-8,10-19,21-30,33H,3,9,20H2. The Morgan fingerprint density at radius 1 is 0.460 bits per heavy atom. The Kier molecular flexibility index (Phi) is 7.18. The molecule has 10 rings (SSSR count). The van der Waals surface area contributed by atoms with E-state index in [0.717, 1.165) is 29.9 Å². The molecule has 50 heavy (non-hydrogen) atoms. The fourth-order valence-corrected chi connectivity index (χ4v) is 10.3. The van der Waals surface area contributed by atoms with Gasteiger partial charge in [-0.25, -0.2) is 0 Å². The molecule has 0 bridgehead atoms. The van der Waals surface area contributed by atoms with Crippen molar-refractivity contribution in [2.24, 2.45) is 0 Å². The van der Waals surface area contributed by atoms with Crippen LogP contribution < -0.4 is 9.80 Å². The second-order valence-electron chi connectivity index (χ2n) is 13.1. The summed E-state index contributed by atoms with van der Waals surface area (Å²) in [6.07, 6.45) is 8.30. The third kappa shape index (κ3) is 4.82. The molecule has 240 valence electrons. The fraction of sp³-hybridized carbons (Fsp3) is 0.0870. The van der Waals surface area contributed by atoms with Crippen LogP contribution in [0.3, 0.4) is 0 Å². The molecule has 4 heteroatoms. The third-order valence-electron chi connectivity index (χ3n) is 10.2. The Hall–Kier alpha value is -5.42. The molecule has 2 heterocycles. The fourth-order valence-electron chi connectivity index (χ4n) is 8.00. The normalized spacial score (nSPS) is 14.7. The molecule has 0 amide bonds. The maximum absolute atomic E-state index is 2.68. The summed E-state index contributed by atoms with van der Waals surface area (Å²) in [7, 11) is 0. The van der Waals surface area contributed by atoms with Crippen LogP contribution in [0, 0.1) is 0 Å². The van der Waals surface area contributed by atoms with Gasteiger partial charge in [0, 0.05) is 62.8 Å². The molecule has 0 saturated carbocycles. The van der Waals surface area contributed by atoms with Crippen LogP contribution in [0.2, 0.25) is 0 Å². The number of para-hydroxylation sites is 2. The number of anilines is 5. The SMILES string of the molecule is C1=CC(N(c2cc3sc4ccccc4c3c3ccccc23)c2cccc3sc4ccc(N(c5ccccc5)c5ccccc5)cc4c23)CCC1. The van der Waals surface area contributed by atoms with Gasteiger partial charge in [-0.2, -0.15) is 0 Å². The maximum atomic E-state index is 2.68. The molecular weight excluding hydrogens is 645 g/mol. The Morgan fingerprint density at radius 2 is 1.12 bits per heavy atom. The van der Waals surface area contributed by atoms with Crippen LogP contribution in [-0.4, -0.2) is 6.04 Å². The molecule has 7 aromatic carbocycles. The van der Waals surface area contributed by atoms with Crippen LogP contribution in [0.25, 0.3) is 51.1 Å². The highest BCUT2D eigenvalue weighted by Gasteiger charge is 2.27. The number of hydrogen-bond donors (Lipinski definition) is 0. The molecule has 1 atom stereocenters. The van der Waals surface area contributed by atoms with E-state index >= 15 is 0 Å². The van der Waals surface area contributed by atoms with Gasteiger partial charge in [0.25, 0.3) is 0 Å². The first-order valence-corrected chi connectivity index (χ1v) is 19.1. The number of hydrogen-bond acceptors (Lipinski definition) is 4. The van der Waals surface area contributed by atoms with Crippen LogP contribution in [0.5, 0.6) is 0 Å². The monoisotopic (exact) mass is 678 g/mol. The molecule has 0 fully saturated rings. The lowest BCUT2D eigenvalue weighted by molar-refractivity contribution is 0.633. The van der Waals surface area contributed by atoms with E-state index in [1.807, 2.05) is 22.7 Å². The highest BCUT2D eigenvalue weighted by molar-refractivity contribution is 7.26. The quantitative estimate of drug-likeness (QED) is 0.162. The largest absolute Gasteiger partial charge is 0.333 e. The van der Waals surface area contributed by atoms with Crippen LogP contribution >= 0.6 is 22.7 Å². The van der Waals surface area contributed by atoms with Gasteiger partial charge < -0.3 is 9.80 Å². The van der Waals surface area contributed by atoms with Crippen molar-refractivity contribution in [3.63, 3.8) is 0 Å². The Morgan fingerprint density at radius 3 is 1.88 bits per heavy atom. The summed E-state index contributed by atoms with van der Waals surface area (Å²) < 4.78 is 5.31. The van der Waals surface area contributed by atoms with E-state index in [2.05, 4.69) is 174 Å². The molecule has 1 aliphatic carbocycles. The molecule has 2 aromatic heterocycles. The van der Waals surface area contributed by atoms with Crippen LogP contribution in [0.4, 0.5) is 28.4 Å². The highest BCUT2D eigenvalue weighted by Crippen LogP contribution is 2.49. The second kappa shape index (κ2) is 12.2. The Balaban J connectivity index is 1.24. The van der Waals surface area contributed by atoms with Crippen molar-refractivity contribution in [2.45, 2.75) is 25.3 Å². The van der Waals surface area contributed by atoms with E-state index in [1.54, 1.807) is 0 Å². The van der Waals surface area contributed by atoms with Crippen molar-refractivity contribution in [3.8, 4) is 0 Å². The lowest BCUT2D eigenvalue weighted by atomic mass is 9.96. The number of fused-ring (bicyclic) bond motifs is 8. The van der Waals surface area contributed by atoms with Crippen LogP contribution in [-0.2, 0) is 0 Å². The molecule has 0 radical (unpaired) electrons. The van der Waals surface area contributed by atoms with E-state index in [0.29, 0.717) is 0 Å². The van der Waals surface area contributed by atoms with Gasteiger partial charge in [0.2, 0.25) is 0 Å². The van der Waals surface area contributed by atoms with E-state index < -0.39 is 0 Å². The molecule has 0 saturated heterocycles. The number of rotatable bonds is 6. The average molecular weight is 679 g/mol. The first-order chi connectivity index (χ1) is 24.8.